The molecule has 1 aromatic heterocycles. The molecule has 0 spiro atoms. The molecule has 102 valence electrons. The second-order valence-electron chi connectivity index (χ2n) is 5.17. The molecule has 1 aliphatic heterocycles. The van der Waals surface area contributed by atoms with Crippen LogP contribution in [0.3, 0.4) is 0 Å². The summed E-state index contributed by atoms with van der Waals surface area (Å²) in [7, 11) is 1.87. The maximum Gasteiger partial charge on any atom is 0.239 e. The van der Waals surface area contributed by atoms with Crippen LogP contribution in [0.25, 0.3) is 0 Å². The molecule has 2 aliphatic rings. The van der Waals surface area contributed by atoms with Crippen LogP contribution in [-0.4, -0.2) is 42.6 Å². The first-order valence-electron chi connectivity index (χ1n) is 6.77. The Balaban J connectivity index is 1.98. The molecule has 0 radical (unpaired) electrons. The SMILES string of the molecule is CNc1nc(C2CC2)nc(N2CCNC(=O)C2)c1C. The van der Waals surface area contributed by atoms with Crippen LogP contribution in [0, 0.1) is 6.92 Å². The molecule has 0 atom stereocenters. The normalized spacial score (nSPS) is 19.3. The summed E-state index contributed by atoms with van der Waals surface area (Å²) < 4.78 is 0. The van der Waals surface area contributed by atoms with Gasteiger partial charge in [0.2, 0.25) is 5.91 Å². The summed E-state index contributed by atoms with van der Waals surface area (Å²) in [5.74, 6) is 3.25. The Morgan fingerprint density at radius 2 is 2.16 bits per heavy atom. The van der Waals surface area contributed by atoms with Gasteiger partial charge in [-0.1, -0.05) is 0 Å². The number of rotatable bonds is 3. The van der Waals surface area contributed by atoms with Crippen molar-refractivity contribution in [2.75, 3.05) is 36.9 Å². The van der Waals surface area contributed by atoms with Gasteiger partial charge in [0.15, 0.2) is 0 Å². The molecule has 0 aromatic carbocycles. The zero-order chi connectivity index (χ0) is 13.4. The molecule has 6 heteroatoms. The van der Waals surface area contributed by atoms with Gasteiger partial charge in [-0.15, -0.1) is 0 Å². The maximum absolute atomic E-state index is 11.5. The van der Waals surface area contributed by atoms with Crippen LogP contribution < -0.4 is 15.5 Å². The summed E-state index contributed by atoms with van der Waals surface area (Å²) in [5.41, 5.74) is 1.02. The van der Waals surface area contributed by atoms with Crippen molar-refractivity contribution >= 4 is 17.5 Å². The number of amides is 1. The van der Waals surface area contributed by atoms with Gasteiger partial charge in [0, 0.05) is 31.6 Å². The van der Waals surface area contributed by atoms with E-state index in [0.717, 1.165) is 29.6 Å². The topological polar surface area (TPSA) is 70.2 Å². The third kappa shape index (κ3) is 2.34. The number of piperazine rings is 1. The van der Waals surface area contributed by atoms with Crippen molar-refractivity contribution in [3.63, 3.8) is 0 Å². The van der Waals surface area contributed by atoms with Crippen LogP contribution in [-0.2, 0) is 4.79 Å². The summed E-state index contributed by atoms with van der Waals surface area (Å²) in [4.78, 5) is 22.8. The van der Waals surface area contributed by atoms with E-state index < -0.39 is 0 Å². The fourth-order valence-electron chi connectivity index (χ4n) is 2.42. The highest BCUT2D eigenvalue weighted by Gasteiger charge is 2.29. The Bertz CT molecular complexity index is 512. The Kier molecular flexibility index (Phi) is 3.00. The van der Waals surface area contributed by atoms with Gasteiger partial charge in [-0.3, -0.25) is 4.79 Å². The Morgan fingerprint density at radius 1 is 1.37 bits per heavy atom. The van der Waals surface area contributed by atoms with Crippen molar-refractivity contribution in [1.29, 1.82) is 0 Å². The van der Waals surface area contributed by atoms with Gasteiger partial charge in [-0.05, 0) is 19.8 Å². The number of hydrogen-bond acceptors (Lipinski definition) is 5. The van der Waals surface area contributed by atoms with Gasteiger partial charge < -0.3 is 15.5 Å². The summed E-state index contributed by atoms with van der Waals surface area (Å²) >= 11 is 0. The number of carbonyl (C=O) groups excluding carboxylic acids is 1. The third-order valence-electron chi connectivity index (χ3n) is 3.65. The summed E-state index contributed by atoms with van der Waals surface area (Å²) in [5, 5.41) is 5.97. The highest BCUT2D eigenvalue weighted by Crippen LogP contribution is 2.40. The summed E-state index contributed by atoms with van der Waals surface area (Å²) in [6.45, 7) is 3.86. The van der Waals surface area contributed by atoms with Crippen LogP contribution >= 0.6 is 0 Å². The first-order valence-corrected chi connectivity index (χ1v) is 6.77. The van der Waals surface area contributed by atoms with Crippen molar-refractivity contribution in [3.8, 4) is 0 Å². The monoisotopic (exact) mass is 261 g/mol. The van der Waals surface area contributed by atoms with Gasteiger partial charge in [-0.2, -0.15) is 0 Å². The first-order chi connectivity index (χ1) is 9.19. The van der Waals surface area contributed by atoms with Gasteiger partial charge >= 0.3 is 0 Å². The number of nitrogens with one attached hydrogen (secondary N) is 2. The van der Waals surface area contributed by atoms with Crippen molar-refractivity contribution in [2.45, 2.75) is 25.7 Å². The van der Waals surface area contributed by atoms with Crippen LogP contribution in [0.5, 0.6) is 0 Å². The minimum atomic E-state index is 0.0586. The average molecular weight is 261 g/mol. The zero-order valence-electron chi connectivity index (χ0n) is 11.4. The minimum Gasteiger partial charge on any atom is -0.373 e. The highest BCUT2D eigenvalue weighted by molar-refractivity contribution is 5.82. The van der Waals surface area contributed by atoms with Gasteiger partial charge in [-0.25, -0.2) is 9.97 Å². The molecule has 1 saturated heterocycles. The molecule has 1 saturated carbocycles. The number of carbonyl (C=O) groups is 1. The lowest BCUT2D eigenvalue weighted by Crippen LogP contribution is -2.48. The first kappa shape index (κ1) is 12.2. The number of aromatic nitrogens is 2. The quantitative estimate of drug-likeness (QED) is 0.835. The van der Waals surface area contributed by atoms with E-state index >= 15 is 0 Å². The van der Waals surface area contributed by atoms with Crippen molar-refractivity contribution in [3.05, 3.63) is 11.4 Å². The van der Waals surface area contributed by atoms with E-state index in [9.17, 15) is 4.79 Å². The minimum absolute atomic E-state index is 0.0586. The molecular weight excluding hydrogens is 242 g/mol. The van der Waals surface area contributed by atoms with E-state index in [4.69, 9.17) is 4.98 Å². The average Bonchev–Trinajstić information content (AvgIpc) is 3.23. The molecule has 3 rings (SSSR count). The Labute approximate surface area is 112 Å². The Morgan fingerprint density at radius 3 is 2.79 bits per heavy atom. The molecule has 0 unspecified atom stereocenters. The fraction of sp³-hybridized carbons (Fsp3) is 0.615. The van der Waals surface area contributed by atoms with E-state index in [0.29, 0.717) is 19.0 Å². The molecule has 2 fully saturated rings. The lowest BCUT2D eigenvalue weighted by molar-refractivity contribution is -0.120. The molecule has 6 nitrogen and oxygen atoms in total. The molecular formula is C13H19N5O. The van der Waals surface area contributed by atoms with Gasteiger partial charge in [0.25, 0.3) is 0 Å². The Hall–Kier alpha value is -1.85. The highest BCUT2D eigenvalue weighted by atomic mass is 16.2. The molecule has 19 heavy (non-hydrogen) atoms. The number of anilines is 2. The predicted octanol–water partition coefficient (Wildman–Crippen LogP) is 0.640. The number of hydrogen-bond donors (Lipinski definition) is 2. The van der Waals surface area contributed by atoms with E-state index in [1.54, 1.807) is 0 Å². The lowest BCUT2D eigenvalue weighted by Gasteiger charge is -2.29. The van der Waals surface area contributed by atoms with E-state index in [2.05, 4.69) is 15.6 Å². The summed E-state index contributed by atoms with van der Waals surface area (Å²) in [6, 6.07) is 0. The standard InChI is InChI=1S/C13H19N5O/c1-8-11(14-2)16-12(9-3-4-9)17-13(8)18-6-5-15-10(19)7-18/h9H,3-7H2,1-2H3,(H,15,19)(H,14,16,17). The van der Waals surface area contributed by atoms with Crippen LogP contribution in [0.2, 0.25) is 0 Å². The maximum atomic E-state index is 11.5. The number of nitrogens with zero attached hydrogens (tertiary/aromatic N) is 3. The van der Waals surface area contributed by atoms with E-state index in [-0.39, 0.29) is 5.91 Å². The fourth-order valence-corrected chi connectivity index (χ4v) is 2.42. The molecule has 0 bridgehead atoms. The van der Waals surface area contributed by atoms with Gasteiger partial charge in [0.05, 0.1) is 6.54 Å². The lowest BCUT2D eigenvalue weighted by atomic mass is 10.2. The van der Waals surface area contributed by atoms with E-state index in [1.807, 2.05) is 18.9 Å². The molecule has 1 aliphatic carbocycles. The molecule has 1 aromatic rings. The zero-order valence-corrected chi connectivity index (χ0v) is 11.4. The van der Waals surface area contributed by atoms with Crippen molar-refractivity contribution < 1.29 is 4.79 Å². The van der Waals surface area contributed by atoms with Crippen molar-refractivity contribution in [1.82, 2.24) is 15.3 Å². The van der Waals surface area contributed by atoms with Gasteiger partial charge in [0.1, 0.15) is 17.5 Å². The smallest absolute Gasteiger partial charge is 0.239 e. The third-order valence-corrected chi connectivity index (χ3v) is 3.65. The second kappa shape index (κ2) is 4.68. The predicted molar refractivity (Wildman–Crippen MR) is 73.5 cm³/mol. The van der Waals surface area contributed by atoms with E-state index in [1.165, 1.54) is 12.8 Å². The largest absolute Gasteiger partial charge is 0.373 e. The molecule has 2 N–H and O–H groups in total. The molecule has 2 heterocycles. The summed E-state index contributed by atoms with van der Waals surface area (Å²) in [6.07, 6.45) is 2.35. The van der Waals surface area contributed by atoms with Crippen LogP contribution in [0.4, 0.5) is 11.6 Å². The van der Waals surface area contributed by atoms with Crippen LogP contribution in [0.1, 0.15) is 30.1 Å². The molecule has 1 amide bonds. The van der Waals surface area contributed by atoms with Crippen LogP contribution in [0.15, 0.2) is 0 Å². The van der Waals surface area contributed by atoms with Crippen molar-refractivity contribution in [2.24, 2.45) is 0 Å². The second-order valence-corrected chi connectivity index (χ2v) is 5.17.